The molecule has 1 amide bonds. The maximum atomic E-state index is 13.3. The quantitative estimate of drug-likeness (QED) is 0.212. The van der Waals surface area contributed by atoms with Crippen LogP contribution in [0.3, 0.4) is 0 Å². The summed E-state index contributed by atoms with van der Waals surface area (Å²) in [7, 11) is 1.30. The van der Waals surface area contributed by atoms with E-state index in [4.69, 9.17) is 9.47 Å². The number of Topliss-reactive ketones (excluding diaryl/α,β-unsaturated/α-hetero) is 1. The number of nitrogens with zero attached hydrogens (tertiary/aromatic N) is 1. The Morgan fingerprint density at radius 3 is 2.33 bits per heavy atom. The normalized spacial score (nSPS) is 16.7. The van der Waals surface area contributed by atoms with E-state index in [0.29, 0.717) is 29.0 Å². The van der Waals surface area contributed by atoms with Gasteiger partial charge in [-0.15, -0.1) is 0 Å². The van der Waals surface area contributed by atoms with Crippen molar-refractivity contribution < 1.29 is 29.0 Å². The van der Waals surface area contributed by atoms with Gasteiger partial charge in [-0.25, -0.2) is 4.79 Å². The molecule has 0 saturated carbocycles. The first-order chi connectivity index (χ1) is 17.4. The van der Waals surface area contributed by atoms with E-state index in [-0.39, 0.29) is 17.9 Å². The predicted molar refractivity (Wildman–Crippen MR) is 134 cm³/mol. The number of methoxy groups -OCH3 is 1. The molecule has 1 N–H and O–H groups in total. The molecule has 1 aliphatic heterocycles. The zero-order valence-electron chi connectivity index (χ0n) is 20.1. The Kier molecular flexibility index (Phi) is 7.49. The molecule has 1 fully saturated rings. The van der Waals surface area contributed by atoms with E-state index in [0.717, 1.165) is 12.0 Å². The molecule has 1 atom stereocenters. The van der Waals surface area contributed by atoms with Gasteiger partial charge in [0.1, 0.15) is 11.5 Å². The standard InChI is InChI=1S/C29H27NO6/c1-3-16-36-23-11-7-10-22(17-23)26(31)24-25(20-12-14-21(15-13-20)29(34)35-2)30(28(33)27(24)32)18-19-8-5-4-6-9-19/h4-15,17,25,31H,3,16,18H2,1-2H3. The maximum Gasteiger partial charge on any atom is 0.337 e. The van der Waals surface area contributed by atoms with Gasteiger partial charge in [-0.05, 0) is 41.8 Å². The second-order valence-corrected chi connectivity index (χ2v) is 8.40. The van der Waals surface area contributed by atoms with E-state index in [1.807, 2.05) is 37.3 Å². The lowest BCUT2D eigenvalue weighted by Crippen LogP contribution is -2.29. The Balaban J connectivity index is 1.82. The van der Waals surface area contributed by atoms with E-state index in [1.165, 1.54) is 12.0 Å². The number of likely N-dealkylation sites (tertiary alicyclic amines) is 1. The molecule has 0 bridgehead atoms. The van der Waals surface area contributed by atoms with Crippen LogP contribution in [-0.2, 0) is 20.9 Å². The van der Waals surface area contributed by atoms with Crippen molar-refractivity contribution in [3.05, 3.63) is 107 Å². The number of ether oxygens (including phenoxy) is 2. The summed E-state index contributed by atoms with van der Waals surface area (Å²) in [5, 5.41) is 11.3. The molecule has 7 nitrogen and oxygen atoms in total. The summed E-state index contributed by atoms with van der Waals surface area (Å²) in [6, 6.07) is 21.7. The van der Waals surface area contributed by atoms with E-state index in [9.17, 15) is 19.5 Å². The van der Waals surface area contributed by atoms with Crippen LogP contribution in [0.15, 0.2) is 84.4 Å². The summed E-state index contributed by atoms with van der Waals surface area (Å²) in [4.78, 5) is 39.8. The number of aliphatic hydroxyl groups is 1. The van der Waals surface area contributed by atoms with Crippen LogP contribution in [0.25, 0.3) is 5.76 Å². The van der Waals surface area contributed by atoms with Crippen molar-refractivity contribution in [2.75, 3.05) is 13.7 Å². The van der Waals surface area contributed by atoms with Gasteiger partial charge in [0.2, 0.25) is 0 Å². The average molecular weight is 486 g/mol. The first-order valence-corrected chi connectivity index (χ1v) is 11.7. The largest absolute Gasteiger partial charge is 0.507 e. The number of ketones is 1. The number of carbonyl (C=O) groups is 3. The Morgan fingerprint density at radius 2 is 1.67 bits per heavy atom. The van der Waals surface area contributed by atoms with Gasteiger partial charge in [-0.3, -0.25) is 9.59 Å². The van der Waals surface area contributed by atoms with Crippen LogP contribution in [0.4, 0.5) is 0 Å². The highest BCUT2D eigenvalue weighted by Crippen LogP contribution is 2.40. The highest BCUT2D eigenvalue weighted by atomic mass is 16.5. The molecule has 0 aromatic heterocycles. The van der Waals surface area contributed by atoms with Crippen LogP contribution in [-0.4, -0.2) is 41.4 Å². The first-order valence-electron chi connectivity index (χ1n) is 11.7. The summed E-state index contributed by atoms with van der Waals surface area (Å²) < 4.78 is 10.4. The van der Waals surface area contributed by atoms with Crippen molar-refractivity contribution in [3.8, 4) is 5.75 Å². The van der Waals surface area contributed by atoms with Gasteiger partial charge in [-0.2, -0.15) is 0 Å². The number of aliphatic hydroxyl groups excluding tert-OH is 1. The van der Waals surface area contributed by atoms with Gasteiger partial charge in [0.15, 0.2) is 0 Å². The minimum atomic E-state index is -0.850. The van der Waals surface area contributed by atoms with E-state index in [1.54, 1.807) is 48.5 Å². The second-order valence-electron chi connectivity index (χ2n) is 8.40. The number of hydrogen-bond acceptors (Lipinski definition) is 6. The van der Waals surface area contributed by atoms with Gasteiger partial charge >= 0.3 is 5.97 Å². The van der Waals surface area contributed by atoms with Gasteiger partial charge in [0.25, 0.3) is 11.7 Å². The molecule has 1 saturated heterocycles. The summed E-state index contributed by atoms with van der Waals surface area (Å²) in [6.45, 7) is 2.67. The third-order valence-corrected chi connectivity index (χ3v) is 5.96. The summed E-state index contributed by atoms with van der Waals surface area (Å²) in [6.07, 6.45) is 0.822. The molecule has 0 radical (unpaired) electrons. The third-order valence-electron chi connectivity index (χ3n) is 5.96. The van der Waals surface area contributed by atoms with Crippen LogP contribution in [0, 0.1) is 0 Å². The van der Waals surface area contributed by atoms with Crippen molar-refractivity contribution in [2.45, 2.75) is 25.9 Å². The molecule has 36 heavy (non-hydrogen) atoms. The fraction of sp³-hybridized carbons (Fsp3) is 0.207. The number of esters is 1. The average Bonchev–Trinajstić information content (AvgIpc) is 3.16. The van der Waals surface area contributed by atoms with Crippen LogP contribution in [0.5, 0.6) is 5.75 Å². The molecule has 1 heterocycles. The fourth-order valence-electron chi connectivity index (χ4n) is 4.20. The molecule has 4 rings (SSSR count). The maximum absolute atomic E-state index is 13.3. The number of benzene rings is 3. The topological polar surface area (TPSA) is 93.1 Å². The molecule has 0 spiro atoms. The lowest BCUT2D eigenvalue weighted by molar-refractivity contribution is -0.140. The lowest BCUT2D eigenvalue weighted by Gasteiger charge is -2.25. The van der Waals surface area contributed by atoms with Gasteiger partial charge < -0.3 is 19.5 Å². The monoisotopic (exact) mass is 485 g/mol. The Labute approximate surface area is 209 Å². The van der Waals surface area contributed by atoms with Crippen LogP contribution >= 0.6 is 0 Å². The molecule has 0 aliphatic carbocycles. The minimum Gasteiger partial charge on any atom is -0.507 e. The zero-order valence-corrected chi connectivity index (χ0v) is 20.1. The fourth-order valence-corrected chi connectivity index (χ4v) is 4.20. The predicted octanol–water partition coefficient (Wildman–Crippen LogP) is 4.88. The molecular weight excluding hydrogens is 458 g/mol. The SMILES string of the molecule is CCCOc1cccc(C(O)=C2C(=O)C(=O)N(Cc3ccccc3)C2c2ccc(C(=O)OC)cc2)c1. The summed E-state index contributed by atoms with van der Waals surface area (Å²) in [5.41, 5.74) is 2.11. The highest BCUT2D eigenvalue weighted by Gasteiger charge is 2.46. The third kappa shape index (κ3) is 5.00. The number of carbonyl (C=O) groups excluding carboxylic acids is 3. The van der Waals surface area contributed by atoms with Crippen molar-refractivity contribution in [1.82, 2.24) is 4.90 Å². The van der Waals surface area contributed by atoms with E-state index in [2.05, 4.69) is 0 Å². The molecule has 184 valence electrons. The molecule has 7 heteroatoms. The molecule has 3 aromatic rings. The Hall–Kier alpha value is -4.39. The molecule has 1 unspecified atom stereocenters. The zero-order chi connectivity index (χ0) is 25.7. The van der Waals surface area contributed by atoms with Crippen molar-refractivity contribution in [3.63, 3.8) is 0 Å². The molecular formula is C29H27NO6. The summed E-state index contributed by atoms with van der Waals surface area (Å²) in [5.74, 6) is -1.71. The number of amides is 1. The van der Waals surface area contributed by atoms with Crippen molar-refractivity contribution in [2.24, 2.45) is 0 Å². The van der Waals surface area contributed by atoms with E-state index >= 15 is 0 Å². The second kappa shape index (κ2) is 10.9. The number of rotatable bonds is 8. The smallest absolute Gasteiger partial charge is 0.337 e. The van der Waals surface area contributed by atoms with Crippen LogP contribution in [0.2, 0.25) is 0 Å². The molecule has 1 aliphatic rings. The van der Waals surface area contributed by atoms with E-state index < -0.39 is 23.7 Å². The van der Waals surface area contributed by atoms with Gasteiger partial charge in [0, 0.05) is 12.1 Å². The minimum absolute atomic E-state index is 0.0191. The lowest BCUT2D eigenvalue weighted by atomic mass is 9.94. The molecule has 3 aromatic carbocycles. The van der Waals surface area contributed by atoms with Crippen LogP contribution < -0.4 is 4.74 Å². The first kappa shape index (κ1) is 24.7. The number of hydrogen-bond donors (Lipinski definition) is 1. The van der Waals surface area contributed by atoms with Crippen molar-refractivity contribution in [1.29, 1.82) is 0 Å². The van der Waals surface area contributed by atoms with Gasteiger partial charge in [0.05, 0.1) is 30.9 Å². The summed E-state index contributed by atoms with van der Waals surface area (Å²) >= 11 is 0. The Morgan fingerprint density at radius 1 is 0.944 bits per heavy atom. The highest BCUT2D eigenvalue weighted by molar-refractivity contribution is 6.46. The van der Waals surface area contributed by atoms with Crippen molar-refractivity contribution >= 4 is 23.4 Å². The Bertz CT molecular complexity index is 1300. The van der Waals surface area contributed by atoms with Crippen LogP contribution in [0.1, 0.15) is 46.4 Å². The van der Waals surface area contributed by atoms with Gasteiger partial charge in [-0.1, -0.05) is 61.5 Å².